The predicted octanol–water partition coefficient (Wildman–Crippen LogP) is 3.92. The first-order valence-corrected chi connectivity index (χ1v) is 7.94. The number of allylic oxidation sites excluding steroid dienone is 2. The summed E-state index contributed by atoms with van der Waals surface area (Å²) < 4.78 is 5.04. The monoisotopic (exact) mass is 342 g/mol. The number of halogens is 1. The topological polar surface area (TPSA) is 51.5 Å². The highest BCUT2D eigenvalue weighted by molar-refractivity contribution is 6.31. The van der Waals surface area contributed by atoms with E-state index in [2.05, 4.69) is 9.98 Å². The van der Waals surface area contributed by atoms with Gasteiger partial charge >= 0.3 is 0 Å². The summed E-state index contributed by atoms with van der Waals surface area (Å²) >= 11 is 6.04. The van der Waals surface area contributed by atoms with Crippen LogP contribution in [0, 0.1) is 0 Å². The average Bonchev–Trinajstić information content (AvgIpc) is 2.58. The van der Waals surface area contributed by atoms with Crippen molar-refractivity contribution in [1.82, 2.24) is 4.98 Å². The van der Waals surface area contributed by atoms with Gasteiger partial charge in [-0.2, -0.15) is 0 Å². The van der Waals surface area contributed by atoms with Crippen molar-refractivity contribution in [1.29, 1.82) is 0 Å². The van der Waals surface area contributed by atoms with E-state index in [1.165, 1.54) is 13.0 Å². The fraction of sp³-hybridized carbons (Fsp3) is 0.211. The number of pyridine rings is 1. The van der Waals surface area contributed by atoms with Crippen LogP contribution in [0.15, 0.2) is 59.7 Å². The zero-order valence-corrected chi connectivity index (χ0v) is 14.5. The highest BCUT2D eigenvalue weighted by Crippen LogP contribution is 2.13. The van der Waals surface area contributed by atoms with Gasteiger partial charge in [0.15, 0.2) is 5.78 Å². The van der Waals surface area contributed by atoms with Crippen LogP contribution >= 0.6 is 11.6 Å². The summed E-state index contributed by atoms with van der Waals surface area (Å²) in [4.78, 5) is 20.0. The highest BCUT2D eigenvalue weighted by Gasteiger charge is 2.02. The van der Waals surface area contributed by atoms with Crippen LogP contribution in [-0.2, 0) is 11.2 Å². The number of ketones is 1. The van der Waals surface area contributed by atoms with Gasteiger partial charge in [0.25, 0.3) is 0 Å². The number of hydrogen-bond acceptors (Lipinski definition) is 4. The number of carbonyl (C=O) groups is 1. The Morgan fingerprint density at radius 3 is 2.75 bits per heavy atom. The third-order valence-corrected chi connectivity index (χ3v) is 3.52. The van der Waals surface area contributed by atoms with E-state index in [1.807, 2.05) is 30.3 Å². The number of aromatic nitrogens is 1. The van der Waals surface area contributed by atoms with E-state index in [4.69, 9.17) is 16.3 Å². The van der Waals surface area contributed by atoms with E-state index in [9.17, 15) is 4.79 Å². The van der Waals surface area contributed by atoms with Gasteiger partial charge in [-0.15, -0.1) is 0 Å². The molecule has 0 aliphatic carbocycles. The maximum Gasteiger partial charge on any atom is 0.212 e. The largest absolute Gasteiger partial charge is 0.481 e. The molecule has 24 heavy (non-hydrogen) atoms. The first-order valence-electron chi connectivity index (χ1n) is 7.56. The van der Waals surface area contributed by atoms with E-state index < -0.39 is 0 Å². The van der Waals surface area contributed by atoms with Crippen LogP contribution in [0.5, 0.6) is 5.88 Å². The SMILES string of the molecule is COc1ccc(CC/N=C(\C=C/C(C)=O)c2cccc(Cl)c2)cn1. The van der Waals surface area contributed by atoms with Crippen LogP contribution in [0.4, 0.5) is 0 Å². The Bertz CT molecular complexity index is 752. The lowest BCUT2D eigenvalue weighted by molar-refractivity contribution is -0.112. The molecule has 0 spiro atoms. The van der Waals surface area contributed by atoms with Crippen molar-refractivity contribution in [2.75, 3.05) is 13.7 Å². The minimum atomic E-state index is -0.0240. The zero-order valence-electron chi connectivity index (χ0n) is 13.7. The van der Waals surface area contributed by atoms with Crippen molar-refractivity contribution in [3.8, 4) is 5.88 Å². The van der Waals surface area contributed by atoms with Gasteiger partial charge in [0.1, 0.15) is 0 Å². The Kier molecular flexibility index (Phi) is 6.70. The fourth-order valence-electron chi connectivity index (χ4n) is 2.07. The Hall–Kier alpha value is -2.46. The van der Waals surface area contributed by atoms with Crippen molar-refractivity contribution in [3.63, 3.8) is 0 Å². The van der Waals surface area contributed by atoms with Gasteiger partial charge in [0, 0.05) is 29.4 Å². The second-order valence-corrected chi connectivity index (χ2v) is 5.62. The van der Waals surface area contributed by atoms with Crippen LogP contribution in [-0.4, -0.2) is 30.1 Å². The Morgan fingerprint density at radius 1 is 1.29 bits per heavy atom. The summed E-state index contributed by atoms with van der Waals surface area (Å²) in [5.74, 6) is 0.565. The van der Waals surface area contributed by atoms with Gasteiger partial charge in [-0.3, -0.25) is 9.79 Å². The Labute approximate surface area is 146 Å². The number of hydrogen-bond donors (Lipinski definition) is 0. The van der Waals surface area contributed by atoms with Crippen molar-refractivity contribution >= 4 is 23.1 Å². The average molecular weight is 343 g/mol. The van der Waals surface area contributed by atoms with Crippen LogP contribution in [0.1, 0.15) is 18.1 Å². The molecular weight excluding hydrogens is 324 g/mol. The second kappa shape index (κ2) is 8.99. The molecule has 2 rings (SSSR count). The molecule has 0 unspecified atom stereocenters. The summed E-state index contributed by atoms with van der Waals surface area (Å²) in [6.07, 6.45) is 5.75. The molecule has 0 atom stereocenters. The number of rotatable bonds is 7. The molecule has 124 valence electrons. The molecule has 0 radical (unpaired) electrons. The maximum absolute atomic E-state index is 11.2. The molecule has 0 aliphatic rings. The third-order valence-electron chi connectivity index (χ3n) is 3.29. The predicted molar refractivity (Wildman–Crippen MR) is 97.2 cm³/mol. The lowest BCUT2D eigenvalue weighted by Gasteiger charge is -2.04. The Balaban J connectivity index is 2.13. The van der Waals surface area contributed by atoms with Crippen molar-refractivity contribution in [2.45, 2.75) is 13.3 Å². The molecule has 0 bridgehead atoms. The summed E-state index contributed by atoms with van der Waals surface area (Å²) in [5, 5.41) is 0.635. The van der Waals surface area contributed by atoms with Gasteiger partial charge in [-0.25, -0.2) is 4.98 Å². The Morgan fingerprint density at radius 2 is 2.12 bits per heavy atom. The number of nitrogens with zero attached hydrogens (tertiary/aromatic N) is 2. The maximum atomic E-state index is 11.2. The quantitative estimate of drug-likeness (QED) is 0.566. The molecule has 0 amide bonds. The van der Waals surface area contributed by atoms with Gasteiger partial charge in [-0.1, -0.05) is 29.8 Å². The molecule has 1 heterocycles. The second-order valence-electron chi connectivity index (χ2n) is 5.18. The number of aliphatic imine (C=N–C) groups is 1. The van der Waals surface area contributed by atoms with Crippen molar-refractivity contribution in [2.24, 2.45) is 4.99 Å². The summed E-state index contributed by atoms with van der Waals surface area (Å²) in [7, 11) is 1.59. The minimum Gasteiger partial charge on any atom is -0.481 e. The molecule has 2 aromatic rings. The van der Waals surface area contributed by atoms with Crippen molar-refractivity contribution < 1.29 is 9.53 Å². The fourth-order valence-corrected chi connectivity index (χ4v) is 2.26. The molecule has 0 fully saturated rings. The number of ether oxygens (including phenoxy) is 1. The van der Waals surface area contributed by atoms with E-state index in [1.54, 1.807) is 25.4 Å². The van der Waals surface area contributed by atoms with Crippen LogP contribution in [0.3, 0.4) is 0 Å². The van der Waals surface area contributed by atoms with E-state index in [0.29, 0.717) is 17.4 Å². The molecule has 0 N–H and O–H groups in total. The summed E-state index contributed by atoms with van der Waals surface area (Å²) in [5.41, 5.74) is 2.68. The molecule has 5 heteroatoms. The number of carbonyl (C=O) groups excluding carboxylic acids is 1. The normalized spacial score (nSPS) is 11.7. The van der Waals surface area contributed by atoms with Gasteiger partial charge in [0.05, 0.1) is 12.8 Å². The van der Waals surface area contributed by atoms with Crippen molar-refractivity contribution in [3.05, 3.63) is 70.9 Å². The first kappa shape index (κ1) is 17.9. The van der Waals surface area contributed by atoms with E-state index in [0.717, 1.165) is 23.3 Å². The standard InChI is InChI=1S/C19H19ClN2O2/c1-14(23)6-8-18(16-4-3-5-17(20)12-16)21-11-10-15-7-9-19(24-2)22-13-15/h3-9,12-13H,10-11H2,1-2H3/b8-6-,21-18+. The minimum absolute atomic E-state index is 0.0240. The molecule has 1 aromatic carbocycles. The zero-order chi connectivity index (χ0) is 17.4. The van der Waals surface area contributed by atoms with E-state index >= 15 is 0 Å². The molecule has 0 saturated heterocycles. The molecule has 4 nitrogen and oxygen atoms in total. The first-order chi connectivity index (χ1) is 11.6. The van der Waals surface area contributed by atoms with Crippen LogP contribution in [0.25, 0.3) is 0 Å². The van der Waals surface area contributed by atoms with Gasteiger partial charge < -0.3 is 4.74 Å². The van der Waals surface area contributed by atoms with Crippen LogP contribution in [0.2, 0.25) is 5.02 Å². The number of benzene rings is 1. The van der Waals surface area contributed by atoms with E-state index in [-0.39, 0.29) is 5.78 Å². The third kappa shape index (κ3) is 5.63. The lowest BCUT2D eigenvalue weighted by atomic mass is 10.1. The molecule has 0 aliphatic heterocycles. The van der Waals surface area contributed by atoms with Gasteiger partial charge in [0.2, 0.25) is 5.88 Å². The summed E-state index contributed by atoms with van der Waals surface area (Å²) in [6, 6.07) is 11.2. The smallest absolute Gasteiger partial charge is 0.212 e. The summed E-state index contributed by atoms with van der Waals surface area (Å²) in [6.45, 7) is 2.09. The molecular formula is C19H19ClN2O2. The number of methoxy groups -OCH3 is 1. The highest BCUT2D eigenvalue weighted by atomic mass is 35.5. The molecule has 1 aromatic heterocycles. The van der Waals surface area contributed by atoms with Crippen LogP contribution < -0.4 is 4.74 Å². The van der Waals surface area contributed by atoms with Gasteiger partial charge in [-0.05, 0) is 43.2 Å². The lowest BCUT2D eigenvalue weighted by Crippen LogP contribution is -2.01. The molecule has 0 saturated carbocycles.